The summed E-state index contributed by atoms with van der Waals surface area (Å²) in [6.07, 6.45) is 0. The van der Waals surface area contributed by atoms with Crippen LogP contribution in [0.1, 0.15) is 17.3 Å². The molecule has 0 heterocycles. The van der Waals surface area contributed by atoms with E-state index in [0.29, 0.717) is 0 Å². The van der Waals surface area contributed by atoms with Crippen LogP contribution in [-0.2, 0) is 9.59 Å². The molecule has 0 aliphatic heterocycles. The summed E-state index contributed by atoms with van der Waals surface area (Å²) in [5, 5.41) is 10.5. The van der Waals surface area contributed by atoms with E-state index in [1.54, 1.807) is 12.1 Å². The maximum absolute atomic E-state index is 11.1. The minimum absolute atomic E-state index is 0.206. The zero-order chi connectivity index (χ0) is 11.4. The summed E-state index contributed by atoms with van der Waals surface area (Å²) in [4.78, 5) is 32.3. The lowest BCUT2D eigenvalue weighted by atomic mass is 10.1. The Bertz CT molecular complexity index is 425. The van der Waals surface area contributed by atoms with Crippen LogP contribution in [0.5, 0.6) is 0 Å². The molecule has 15 heavy (non-hydrogen) atoms. The van der Waals surface area contributed by atoms with E-state index < -0.39 is 11.9 Å². The number of ketones is 1. The first-order valence-electron chi connectivity index (χ1n) is 4.16. The van der Waals surface area contributed by atoms with Gasteiger partial charge in [0.1, 0.15) is 0 Å². The Labute approximate surface area is 85.7 Å². The lowest BCUT2D eigenvalue weighted by Crippen LogP contribution is -2.22. The highest BCUT2D eigenvalue weighted by atomic mass is 16.4. The lowest BCUT2D eigenvalue weighted by molar-refractivity contribution is -0.147. The van der Waals surface area contributed by atoms with Crippen LogP contribution < -0.4 is 5.32 Å². The zero-order valence-electron chi connectivity index (χ0n) is 7.98. The number of carbonyl (C=O) groups excluding carboxylic acids is 2. The Balaban J connectivity index is 2.99. The number of para-hydroxylation sites is 1. The number of aliphatic carboxylic acids is 1. The standard InChI is InChI=1S/C10H9NO4/c1-6(12)7-4-2-3-5-8(7)11-9(13)10(14)15/h2-5H,1H3,(H,11,13)(H,14,15). The molecule has 0 aromatic heterocycles. The number of carbonyl (C=O) groups is 3. The molecule has 0 aliphatic rings. The van der Waals surface area contributed by atoms with Crippen LogP contribution in [-0.4, -0.2) is 22.8 Å². The fourth-order valence-electron chi connectivity index (χ4n) is 1.07. The molecule has 0 spiro atoms. The van der Waals surface area contributed by atoms with Crippen molar-refractivity contribution in [3.8, 4) is 0 Å². The van der Waals surface area contributed by atoms with Gasteiger partial charge in [0, 0.05) is 5.56 Å². The van der Waals surface area contributed by atoms with E-state index in [2.05, 4.69) is 5.32 Å². The maximum Gasteiger partial charge on any atom is 0.394 e. The largest absolute Gasteiger partial charge is 0.474 e. The van der Waals surface area contributed by atoms with Crippen LogP contribution in [0.2, 0.25) is 0 Å². The van der Waals surface area contributed by atoms with E-state index in [-0.39, 0.29) is 17.0 Å². The monoisotopic (exact) mass is 207 g/mol. The van der Waals surface area contributed by atoms with Crippen molar-refractivity contribution in [2.24, 2.45) is 0 Å². The fourth-order valence-corrected chi connectivity index (χ4v) is 1.07. The normalized spacial score (nSPS) is 9.40. The van der Waals surface area contributed by atoms with Gasteiger partial charge >= 0.3 is 11.9 Å². The number of nitrogens with one attached hydrogen (secondary N) is 1. The van der Waals surface area contributed by atoms with E-state index in [1.165, 1.54) is 19.1 Å². The van der Waals surface area contributed by atoms with Crippen LogP contribution in [0.4, 0.5) is 5.69 Å². The number of anilines is 1. The Hall–Kier alpha value is -2.17. The van der Waals surface area contributed by atoms with Gasteiger partial charge in [0.2, 0.25) is 0 Å². The summed E-state index contributed by atoms with van der Waals surface area (Å²) in [6.45, 7) is 1.34. The number of Topliss-reactive ketones (excluding diaryl/α,β-unsaturated/α-hetero) is 1. The zero-order valence-corrected chi connectivity index (χ0v) is 7.98. The van der Waals surface area contributed by atoms with Gasteiger partial charge in [0.05, 0.1) is 5.69 Å². The van der Waals surface area contributed by atoms with Crippen molar-refractivity contribution in [3.05, 3.63) is 29.8 Å². The molecule has 0 fully saturated rings. The van der Waals surface area contributed by atoms with Crippen LogP contribution in [0.3, 0.4) is 0 Å². The molecule has 5 nitrogen and oxygen atoms in total. The van der Waals surface area contributed by atoms with Gasteiger partial charge in [-0.15, -0.1) is 0 Å². The Morgan fingerprint density at radius 1 is 1.20 bits per heavy atom. The van der Waals surface area contributed by atoms with Gasteiger partial charge in [-0.25, -0.2) is 4.79 Å². The predicted molar refractivity (Wildman–Crippen MR) is 52.7 cm³/mol. The van der Waals surface area contributed by atoms with Gasteiger partial charge in [-0.05, 0) is 19.1 Å². The SMILES string of the molecule is CC(=O)c1ccccc1NC(=O)C(=O)O. The molecule has 0 saturated carbocycles. The average molecular weight is 207 g/mol. The molecule has 0 aliphatic carbocycles. The number of hydrogen-bond acceptors (Lipinski definition) is 3. The fraction of sp³-hybridized carbons (Fsp3) is 0.100. The van der Waals surface area contributed by atoms with Gasteiger partial charge in [0.25, 0.3) is 0 Å². The Morgan fingerprint density at radius 2 is 1.80 bits per heavy atom. The number of hydrogen-bond donors (Lipinski definition) is 2. The molecule has 0 atom stereocenters. The first-order valence-corrected chi connectivity index (χ1v) is 4.16. The van der Waals surface area contributed by atoms with E-state index in [4.69, 9.17) is 5.11 Å². The first kappa shape index (κ1) is 10.9. The van der Waals surface area contributed by atoms with Crippen molar-refractivity contribution in [1.82, 2.24) is 0 Å². The summed E-state index contributed by atoms with van der Waals surface area (Å²) in [5.41, 5.74) is 0.490. The topological polar surface area (TPSA) is 83.5 Å². The molecule has 1 rings (SSSR count). The van der Waals surface area contributed by atoms with Crippen molar-refractivity contribution < 1.29 is 19.5 Å². The van der Waals surface area contributed by atoms with E-state index in [9.17, 15) is 14.4 Å². The second kappa shape index (κ2) is 4.36. The molecule has 1 amide bonds. The number of carboxylic acid groups (broad SMARTS) is 1. The molecule has 1 aromatic carbocycles. The van der Waals surface area contributed by atoms with Gasteiger partial charge in [-0.1, -0.05) is 12.1 Å². The Kier molecular flexibility index (Phi) is 3.17. The number of rotatable bonds is 2. The van der Waals surface area contributed by atoms with Gasteiger partial charge in [-0.2, -0.15) is 0 Å². The molecule has 0 bridgehead atoms. The quantitative estimate of drug-likeness (QED) is 0.557. The highest BCUT2D eigenvalue weighted by Gasteiger charge is 2.14. The second-order valence-electron chi connectivity index (χ2n) is 2.86. The summed E-state index contributed by atoms with van der Waals surface area (Å²) in [7, 11) is 0. The van der Waals surface area contributed by atoms with Crippen molar-refractivity contribution >= 4 is 23.3 Å². The van der Waals surface area contributed by atoms with Gasteiger partial charge in [-0.3, -0.25) is 9.59 Å². The van der Waals surface area contributed by atoms with Crippen molar-refractivity contribution in [1.29, 1.82) is 0 Å². The van der Waals surface area contributed by atoms with Gasteiger partial charge < -0.3 is 10.4 Å². The molecule has 0 radical (unpaired) electrons. The molecule has 78 valence electrons. The Morgan fingerprint density at radius 3 is 2.33 bits per heavy atom. The number of amides is 1. The summed E-state index contributed by atoms with van der Waals surface area (Å²) in [6, 6.07) is 6.22. The van der Waals surface area contributed by atoms with Crippen molar-refractivity contribution in [2.45, 2.75) is 6.92 Å². The first-order chi connectivity index (χ1) is 7.02. The predicted octanol–water partition coefficient (Wildman–Crippen LogP) is 0.912. The minimum Gasteiger partial charge on any atom is -0.474 e. The molecular formula is C10H9NO4. The maximum atomic E-state index is 11.1. The highest BCUT2D eigenvalue weighted by Crippen LogP contribution is 2.15. The smallest absolute Gasteiger partial charge is 0.394 e. The van der Waals surface area contributed by atoms with E-state index >= 15 is 0 Å². The minimum atomic E-state index is -1.59. The summed E-state index contributed by atoms with van der Waals surface area (Å²) >= 11 is 0. The summed E-state index contributed by atoms with van der Waals surface area (Å²) in [5.74, 6) is -2.99. The second-order valence-corrected chi connectivity index (χ2v) is 2.86. The van der Waals surface area contributed by atoms with Crippen molar-refractivity contribution in [2.75, 3.05) is 5.32 Å². The van der Waals surface area contributed by atoms with Crippen LogP contribution in [0.15, 0.2) is 24.3 Å². The number of carboxylic acids is 1. The van der Waals surface area contributed by atoms with Crippen LogP contribution in [0.25, 0.3) is 0 Å². The molecule has 2 N–H and O–H groups in total. The van der Waals surface area contributed by atoms with Crippen LogP contribution >= 0.6 is 0 Å². The molecular weight excluding hydrogens is 198 g/mol. The third kappa shape index (κ3) is 2.63. The molecule has 0 saturated heterocycles. The lowest BCUT2D eigenvalue weighted by Gasteiger charge is -2.06. The average Bonchev–Trinajstić information content (AvgIpc) is 2.18. The van der Waals surface area contributed by atoms with Gasteiger partial charge in [0.15, 0.2) is 5.78 Å². The summed E-state index contributed by atoms with van der Waals surface area (Å²) < 4.78 is 0. The molecule has 5 heteroatoms. The molecule has 0 unspecified atom stereocenters. The van der Waals surface area contributed by atoms with Crippen molar-refractivity contribution in [3.63, 3.8) is 0 Å². The third-order valence-corrected chi connectivity index (χ3v) is 1.75. The van der Waals surface area contributed by atoms with E-state index in [0.717, 1.165) is 0 Å². The highest BCUT2D eigenvalue weighted by molar-refractivity contribution is 6.36. The van der Waals surface area contributed by atoms with Crippen LogP contribution in [0, 0.1) is 0 Å². The molecule has 1 aromatic rings. The van der Waals surface area contributed by atoms with E-state index in [1.807, 2.05) is 0 Å². The third-order valence-electron chi connectivity index (χ3n) is 1.75. The number of benzene rings is 1.